The molecule has 1 N–H and O–H groups in total. The number of aliphatic hydroxyl groups is 1. The van der Waals surface area contributed by atoms with Gasteiger partial charge in [-0.1, -0.05) is 6.42 Å². The molecule has 0 saturated heterocycles. The lowest BCUT2D eigenvalue weighted by Crippen LogP contribution is -2.35. The molecule has 4 atom stereocenters. The van der Waals surface area contributed by atoms with Gasteiger partial charge in [0.15, 0.2) is 6.29 Å². The van der Waals surface area contributed by atoms with Crippen molar-refractivity contribution in [3.05, 3.63) is 0 Å². The van der Waals surface area contributed by atoms with Crippen LogP contribution in [-0.2, 0) is 9.47 Å². The Morgan fingerprint density at radius 1 is 1.24 bits per heavy atom. The summed E-state index contributed by atoms with van der Waals surface area (Å²) in [6, 6.07) is 0. The molecular weight excluding hydrogens is 216 g/mol. The lowest BCUT2D eigenvalue weighted by molar-refractivity contribution is -0.144. The van der Waals surface area contributed by atoms with Gasteiger partial charge in [-0.05, 0) is 50.4 Å². The Kier molecular flexibility index (Phi) is 4.11. The fourth-order valence-electron chi connectivity index (χ4n) is 3.90. The Balaban J connectivity index is 1.84. The molecule has 0 aliphatic heterocycles. The van der Waals surface area contributed by atoms with Crippen LogP contribution in [0.5, 0.6) is 0 Å². The van der Waals surface area contributed by atoms with E-state index in [9.17, 15) is 5.11 Å². The molecule has 0 amide bonds. The second kappa shape index (κ2) is 5.25. The molecule has 0 aromatic carbocycles. The van der Waals surface area contributed by atoms with Crippen LogP contribution >= 0.6 is 0 Å². The second-order valence-electron chi connectivity index (χ2n) is 6.24. The summed E-state index contributed by atoms with van der Waals surface area (Å²) in [5.41, 5.74) is -0.661. The summed E-state index contributed by atoms with van der Waals surface area (Å²) in [5.74, 6) is 2.54. The third-order valence-corrected chi connectivity index (χ3v) is 4.72. The van der Waals surface area contributed by atoms with E-state index in [1.165, 1.54) is 25.7 Å². The van der Waals surface area contributed by atoms with Gasteiger partial charge in [0.2, 0.25) is 0 Å². The van der Waals surface area contributed by atoms with E-state index >= 15 is 0 Å². The summed E-state index contributed by atoms with van der Waals surface area (Å²) in [4.78, 5) is 0. The van der Waals surface area contributed by atoms with Gasteiger partial charge >= 0.3 is 0 Å². The first-order valence-corrected chi connectivity index (χ1v) is 6.82. The predicted molar refractivity (Wildman–Crippen MR) is 66.6 cm³/mol. The van der Waals surface area contributed by atoms with E-state index in [2.05, 4.69) is 0 Å². The van der Waals surface area contributed by atoms with Crippen molar-refractivity contribution < 1.29 is 14.6 Å². The molecule has 2 fully saturated rings. The first-order valence-electron chi connectivity index (χ1n) is 6.82. The molecule has 2 aliphatic carbocycles. The summed E-state index contributed by atoms with van der Waals surface area (Å²) in [6.45, 7) is 1.92. The molecule has 17 heavy (non-hydrogen) atoms. The Labute approximate surface area is 104 Å². The minimum Gasteiger partial charge on any atom is -0.390 e. The highest BCUT2D eigenvalue weighted by molar-refractivity contribution is 4.93. The van der Waals surface area contributed by atoms with Crippen LogP contribution in [0.25, 0.3) is 0 Å². The molecule has 4 unspecified atom stereocenters. The highest BCUT2D eigenvalue weighted by Crippen LogP contribution is 2.51. The Bertz CT molecular complexity index is 248. The van der Waals surface area contributed by atoms with Crippen LogP contribution in [0.15, 0.2) is 0 Å². The molecule has 2 saturated carbocycles. The Morgan fingerprint density at radius 3 is 2.41 bits per heavy atom. The van der Waals surface area contributed by atoms with Crippen LogP contribution < -0.4 is 0 Å². The summed E-state index contributed by atoms with van der Waals surface area (Å²) < 4.78 is 10.4. The Hall–Kier alpha value is -0.120. The van der Waals surface area contributed by atoms with E-state index in [-0.39, 0.29) is 6.29 Å². The topological polar surface area (TPSA) is 38.7 Å². The van der Waals surface area contributed by atoms with Crippen LogP contribution in [0.1, 0.15) is 45.4 Å². The normalized spacial score (nSPS) is 35.5. The number of rotatable bonds is 6. The first kappa shape index (κ1) is 13.3. The van der Waals surface area contributed by atoms with Gasteiger partial charge in [0.25, 0.3) is 0 Å². The average molecular weight is 242 g/mol. The number of fused-ring (bicyclic) bond motifs is 2. The van der Waals surface area contributed by atoms with Crippen LogP contribution in [0.4, 0.5) is 0 Å². The SMILES string of the molecule is COC(CC(C)(O)CC1CC2CCC1C2)OC. The smallest absolute Gasteiger partial charge is 0.159 e. The minimum absolute atomic E-state index is 0.288. The quantitative estimate of drug-likeness (QED) is 0.728. The minimum atomic E-state index is -0.661. The van der Waals surface area contributed by atoms with Gasteiger partial charge in [-0.15, -0.1) is 0 Å². The maximum atomic E-state index is 10.5. The van der Waals surface area contributed by atoms with Crippen molar-refractivity contribution in [2.45, 2.75) is 57.3 Å². The van der Waals surface area contributed by atoms with Crippen molar-refractivity contribution in [1.82, 2.24) is 0 Å². The van der Waals surface area contributed by atoms with Gasteiger partial charge in [-0.25, -0.2) is 0 Å². The monoisotopic (exact) mass is 242 g/mol. The summed E-state index contributed by atoms with van der Waals surface area (Å²) >= 11 is 0. The maximum absolute atomic E-state index is 10.5. The van der Waals surface area contributed by atoms with Crippen molar-refractivity contribution in [3.8, 4) is 0 Å². The number of hydrogen-bond donors (Lipinski definition) is 1. The number of methoxy groups -OCH3 is 2. The van der Waals surface area contributed by atoms with Crippen molar-refractivity contribution in [2.75, 3.05) is 14.2 Å². The van der Waals surface area contributed by atoms with E-state index in [1.54, 1.807) is 14.2 Å². The van der Waals surface area contributed by atoms with Crippen LogP contribution in [0.2, 0.25) is 0 Å². The average Bonchev–Trinajstić information content (AvgIpc) is 2.87. The second-order valence-corrected chi connectivity index (χ2v) is 6.24. The van der Waals surface area contributed by atoms with E-state index in [0.29, 0.717) is 6.42 Å². The van der Waals surface area contributed by atoms with Gasteiger partial charge in [0.05, 0.1) is 5.60 Å². The fourth-order valence-corrected chi connectivity index (χ4v) is 3.90. The zero-order valence-corrected chi connectivity index (χ0v) is 11.3. The lowest BCUT2D eigenvalue weighted by atomic mass is 9.80. The molecule has 3 nitrogen and oxygen atoms in total. The van der Waals surface area contributed by atoms with E-state index < -0.39 is 5.60 Å². The van der Waals surface area contributed by atoms with E-state index in [0.717, 1.165) is 24.2 Å². The van der Waals surface area contributed by atoms with Crippen LogP contribution in [-0.4, -0.2) is 31.2 Å². The molecule has 100 valence electrons. The summed E-state index contributed by atoms with van der Waals surface area (Å²) in [5, 5.41) is 10.5. The highest BCUT2D eigenvalue weighted by Gasteiger charge is 2.42. The van der Waals surface area contributed by atoms with Crippen molar-refractivity contribution in [3.63, 3.8) is 0 Å². The number of hydrogen-bond acceptors (Lipinski definition) is 3. The molecular formula is C14H26O3. The van der Waals surface area contributed by atoms with Gasteiger partial charge in [0, 0.05) is 20.6 Å². The predicted octanol–water partition coefficient (Wildman–Crippen LogP) is 2.57. The zero-order chi connectivity index (χ0) is 12.5. The lowest BCUT2D eigenvalue weighted by Gasteiger charge is -2.32. The van der Waals surface area contributed by atoms with Gasteiger partial charge < -0.3 is 14.6 Å². The molecule has 0 radical (unpaired) electrons. The van der Waals surface area contributed by atoms with Crippen LogP contribution in [0, 0.1) is 17.8 Å². The molecule has 0 aromatic rings. The molecule has 3 heteroatoms. The molecule has 2 bridgehead atoms. The van der Waals surface area contributed by atoms with E-state index in [1.807, 2.05) is 6.92 Å². The molecule has 0 aromatic heterocycles. The summed E-state index contributed by atoms with van der Waals surface area (Å²) in [6.07, 6.45) is 6.70. The van der Waals surface area contributed by atoms with E-state index in [4.69, 9.17) is 9.47 Å². The summed E-state index contributed by atoms with van der Waals surface area (Å²) in [7, 11) is 3.25. The van der Waals surface area contributed by atoms with Gasteiger partial charge in [-0.2, -0.15) is 0 Å². The Morgan fingerprint density at radius 2 is 1.94 bits per heavy atom. The fraction of sp³-hybridized carbons (Fsp3) is 1.00. The molecule has 0 heterocycles. The van der Waals surface area contributed by atoms with Crippen molar-refractivity contribution >= 4 is 0 Å². The van der Waals surface area contributed by atoms with Crippen molar-refractivity contribution in [2.24, 2.45) is 17.8 Å². The molecule has 2 rings (SSSR count). The van der Waals surface area contributed by atoms with Gasteiger partial charge in [-0.3, -0.25) is 0 Å². The van der Waals surface area contributed by atoms with Crippen LogP contribution in [0.3, 0.4) is 0 Å². The zero-order valence-electron chi connectivity index (χ0n) is 11.3. The van der Waals surface area contributed by atoms with Gasteiger partial charge in [0.1, 0.15) is 0 Å². The molecule has 0 spiro atoms. The largest absolute Gasteiger partial charge is 0.390 e. The standard InChI is InChI=1S/C14H26O3/c1-14(15,9-13(16-2)17-3)8-12-7-10-4-5-11(12)6-10/h10-13,15H,4-9H2,1-3H3. The maximum Gasteiger partial charge on any atom is 0.159 e. The molecule has 2 aliphatic rings. The third kappa shape index (κ3) is 3.21. The first-order chi connectivity index (χ1) is 8.04. The van der Waals surface area contributed by atoms with Crippen molar-refractivity contribution in [1.29, 1.82) is 0 Å². The number of ether oxygens (including phenoxy) is 2. The third-order valence-electron chi connectivity index (χ3n) is 4.72. The highest BCUT2D eigenvalue weighted by atomic mass is 16.7.